The van der Waals surface area contributed by atoms with Gasteiger partial charge in [-0.15, -0.1) is 11.8 Å². The molecule has 0 fully saturated rings. The maximum absolute atomic E-state index is 4.52. The molecule has 1 aromatic heterocycles. The van der Waals surface area contributed by atoms with Crippen LogP contribution in [0.15, 0.2) is 47.4 Å². The molecule has 2 rings (SSSR count). The molecule has 0 aliphatic rings. The van der Waals surface area contributed by atoms with Crippen molar-refractivity contribution in [2.24, 2.45) is 0 Å². The molecule has 0 atom stereocenters. The van der Waals surface area contributed by atoms with E-state index in [1.807, 2.05) is 24.8 Å². The second-order valence-electron chi connectivity index (χ2n) is 4.88. The highest BCUT2D eigenvalue weighted by molar-refractivity contribution is 7.98. The van der Waals surface area contributed by atoms with E-state index in [9.17, 15) is 0 Å². The molecule has 0 saturated heterocycles. The van der Waals surface area contributed by atoms with E-state index in [1.165, 1.54) is 16.9 Å². The first-order valence-electron chi connectivity index (χ1n) is 7.13. The van der Waals surface area contributed by atoms with E-state index >= 15 is 0 Å². The van der Waals surface area contributed by atoms with Crippen LogP contribution in [0.25, 0.3) is 0 Å². The Kier molecular flexibility index (Phi) is 6.09. The molecule has 3 heteroatoms. The van der Waals surface area contributed by atoms with E-state index in [4.69, 9.17) is 0 Å². The molecule has 0 spiro atoms. The quantitative estimate of drug-likeness (QED) is 0.610. The first-order chi connectivity index (χ1) is 9.78. The molecule has 0 amide bonds. The van der Waals surface area contributed by atoms with Crippen LogP contribution < -0.4 is 5.32 Å². The maximum Gasteiger partial charge on any atom is 0.0509 e. The summed E-state index contributed by atoms with van der Waals surface area (Å²) in [5.41, 5.74) is 3.57. The molecular weight excluding hydrogens is 264 g/mol. The molecule has 0 saturated carbocycles. The van der Waals surface area contributed by atoms with Crippen molar-refractivity contribution < 1.29 is 0 Å². The van der Waals surface area contributed by atoms with Crippen molar-refractivity contribution in [3.05, 3.63) is 59.4 Å². The van der Waals surface area contributed by atoms with E-state index < -0.39 is 0 Å². The van der Waals surface area contributed by atoms with Crippen LogP contribution in [0, 0.1) is 6.92 Å². The van der Waals surface area contributed by atoms with Gasteiger partial charge in [0.15, 0.2) is 0 Å². The Morgan fingerprint density at radius 3 is 2.60 bits per heavy atom. The molecule has 1 aromatic carbocycles. The third kappa shape index (κ3) is 4.99. The number of benzene rings is 1. The van der Waals surface area contributed by atoms with Crippen molar-refractivity contribution in [2.75, 3.05) is 6.54 Å². The molecule has 0 bridgehead atoms. The zero-order chi connectivity index (χ0) is 14.2. The summed E-state index contributed by atoms with van der Waals surface area (Å²) in [6, 6.07) is 15.0. The van der Waals surface area contributed by atoms with E-state index in [2.05, 4.69) is 53.6 Å². The average Bonchev–Trinajstić information content (AvgIpc) is 2.47. The lowest BCUT2D eigenvalue weighted by molar-refractivity contribution is 0.675. The van der Waals surface area contributed by atoms with Crippen LogP contribution in [-0.2, 0) is 12.3 Å². The fraction of sp³-hybridized carbons (Fsp3) is 0.353. The molecule has 20 heavy (non-hydrogen) atoms. The molecule has 0 aliphatic carbocycles. The number of nitrogens with one attached hydrogen (secondary N) is 1. The number of aryl methyl sites for hydroxylation is 1. The summed E-state index contributed by atoms with van der Waals surface area (Å²) in [6.45, 7) is 6.26. The van der Waals surface area contributed by atoms with Crippen LogP contribution in [0.2, 0.25) is 0 Å². The first kappa shape index (κ1) is 15.1. The number of nitrogens with zero attached hydrogens (tertiary/aromatic N) is 1. The SMILES string of the molecule is CCCNCc1ccc(SCc2cccc(C)n2)cc1. The zero-order valence-corrected chi connectivity index (χ0v) is 13.0. The largest absolute Gasteiger partial charge is 0.313 e. The van der Waals surface area contributed by atoms with Gasteiger partial charge in [-0.1, -0.05) is 25.1 Å². The fourth-order valence-corrected chi connectivity index (χ4v) is 2.75. The number of hydrogen-bond donors (Lipinski definition) is 1. The standard InChI is InChI=1S/C17H22N2S/c1-3-11-18-12-15-7-9-17(10-8-15)20-13-16-6-4-5-14(2)19-16/h4-10,18H,3,11-13H2,1-2H3. The number of hydrogen-bond acceptors (Lipinski definition) is 3. The Bertz CT molecular complexity index is 523. The molecule has 2 aromatic rings. The van der Waals surface area contributed by atoms with E-state index in [1.54, 1.807) is 0 Å². The number of rotatable bonds is 7. The summed E-state index contributed by atoms with van der Waals surface area (Å²) in [4.78, 5) is 5.82. The molecule has 2 nitrogen and oxygen atoms in total. The monoisotopic (exact) mass is 286 g/mol. The van der Waals surface area contributed by atoms with Gasteiger partial charge in [-0.3, -0.25) is 4.98 Å². The highest BCUT2D eigenvalue weighted by Crippen LogP contribution is 2.22. The van der Waals surface area contributed by atoms with Crippen molar-refractivity contribution in [3.8, 4) is 0 Å². The summed E-state index contributed by atoms with van der Waals surface area (Å²) in [6.07, 6.45) is 1.18. The highest BCUT2D eigenvalue weighted by atomic mass is 32.2. The van der Waals surface area contributed by atoms with Crippen molar-refractivity contribution in [1.82, 2.24) is 10.3 Å². The van der Waals surface area contributed by atoms with Gasteiger partial charge in [0.1, 0.15) is 0 Å². The lowest BCUT2D eigenvalue weighted by Crippen LogP contribution is -2.13. The predicted octanol–water partition coefficient (Wildman–Crippen LogP) is 4.18. The summed E-state index contributed by atoms with van der Waals surface area (Å²) in [5.74, 6) is 0.926. The van der Waals surface area contributed by atoms with E-state index in [-0.39, 0.29) is 0 Å². The Morgan fingerprint density at radius 1 is 1.10 bits per heavy atom. The minimum atomic E-state index is 0.926. The van der Waals surface area contributed by atoms with Crippen LogP contribution in [0.5, 0.6) is 0 Å². The smallest absolute Gasteiger partial charge is 0.0509 e. The number of aromatic nitrogens is 1. The fourth-order valence-electron chi connectivity index (χ4n) is 1.95. The Hall–Kier alpha value is -1.32. The van der Waals surface area contributed by atoms with Gasteiger partial charge < -0.3 is 5.32 Å². The minimum Gasteiger partial charge on any atom is -0.313 e. The molecule has 1 heterocycles. The summed E-state index contributed by atoms with van der Waals surface area (Å²) in [7, 11) is 0. The van der Waals surface area contributed by atoms with Gasteiger partial charge in [-0.25, -0.2) is 0 Å². The molecular formula is C17H22N2S. The number of thioether (sulfide) groups is 1. The lowest BCUT2D eigenvalue weighted by Gasteiger charge is -2.05. The Balaban J connectivity index is 1.84. The third-order valence-corrected chi connectivity index (χ3v) is 4.06. The Labute approximate surface area is 126 Å². The topological polar surface area (TPSA) is 24.9 Å². The molecule has 0 radical (unpaired) electrons. The molecule has 106 valence electrons. The van der Waals surface area contributed by atoms with Crippen molar-refractivity contribution in [1.29, 1.82) is 0 Å². The summed E-state index contributed by atoms with van der Waals surface area (Å²) < 4.78 is 0. The van der Waals surface area contributed by atoms with Crippen LogP contribution in [0.3, 0.4) is 0 Å². The molecule has 1 N–H and O–H groups in total. The van der Waals surface area contributed by atoms with Crippen LogP contribution in [0.4, 0.5) is 0 Å². The Morgan fingerprint density at radius 2 is 1.90 bits per heavy atom. The van der Waals surface area contributed by atoms with E-state index in [0.717, 1.165) is 30.2 Å². The average molecular weight is 286 g/mol. The zero-order valence-electron chi connectivity index (χ0n) is 12.2. The molecule has 0 aliphatic heterocycles. The summed E-state index contributed by atoms with van der Waals surface area (Å²) >= 11 is 1.84. The van der Waals surface area contributed by atoms with Crippen LogP contribution in [0.1, 0.15) is 30.3 Å². The summed E-state index contributed by atoms with van der Waals surface area (Å²) in [5, 5.41) is 3.42. The van der Waals surface area contributed by atoms with Crippen molar-refractivity contribution in [3.63, 3.8) is 0 Å². The van der Waals surface area contributed by atoms with Crippen LogP contribution >= 0.6 is 11.8 Å². The minimum absolute atomic E-state index is 0.926. The van der Waals surface area contributed by atoms with Gasteiger partial charge >= 0.3 is 0 Å². The molecule has 0 unspecified atom stereocenters. The second kappa shape index (κ2) is 8.08. The van der Waals surface area contributed by atoms with Crippen LogP contribution in [-0.4, -0.2) is 11.5 Å². The van der Waals surface area contributed by atoms with Gasteiger partial charge in [0.25, 0.3) is 0 Å². The third-order valence-electron chi connectivity index (χ3n) is 3.01. The van der Waals surface area contributed by atoms with Crippen molar-refractivity contribution >= 4 is 11.8 Å². The normalized spacial score (nSPS) is 10.7. The number of pyridine rings is 1. The second-order valence-corrected chi connectivity index (χ2v) is 5.93. The van der Waals surface area contributed by atoms with E-state index in [0.29, 0.717) is 0 Å². The van der Waals surface area contributed by atoms with Gasteiger partial charge in [0, 0.05) is 22.9 Å². The first-order valence-corrected chi connectivity index (χ1v) is 8.11. The van der Waals surface area contributed by atoms with Gasteiger partial charge in [-0.2, -0.15) is 0 Å². The van der Waals surface area contributed by atoms with Crippen molar-refractivity contribution in [2.45, 2.75) is 37.5 Å². The predicted molar refractivity (Wildman–Crippen MR) is 87.0 cm³/mol. The lowest BCUT2D eigenvalue weighted by atomic mass is 10.2. The van der Waals surface area contributed by atoms with Gasteiger partial charge in [0.05, 0.1) is 5.69 Å². The highest BCUT2D eigenvalue weighted by Gasteiger charge is 1.99. The van der Waals surface area contributed by atoms with Gasteiger partial charge in [0.2, 0.25) is 0 Å². The van der Waals surface area contributed by atoms with Gasteiger partial charge in [-0.05, 0) is 49.7 Å². The maximum atomic E-state index is 4.52.